The summed E-state index contributed by atoms with van der Waals surface area (Å²) in [6.07, 6.45) is 0.791. The third-order valence-corrected chi connectivity index (χ3v) is 4.52. The molecule has 0 spiro atoms. The highest BCUT2D eigenvalue weighted by Crippen LogP contribution is 2.17. The van der Waals surface area contributed by atoms with Crippen LogP contribution in [-0.2, 0) is 27.3 Å². The Bertz CT molecular complexity index is 833. The minimum absolute atomic E-state index is 0.228. The van der Waals surface area contributed by atoms with Gasteiger partial charge >= 0.3 is 5.97 Å². The van der Waals surface area contributed by atoms with E-state index in [1.165, 1.54) is 0 Å². The molecule has 1 aromatic carbocycles. The summed E-state index contributed by atoms with van der Waals surface area (Å²) in [5, 5.41) is 7.33. The fraction of sp³-hybridized carbons (Fsp3) is 0.500. The minimum Gasteiger partial charge on any atom is -0.456 e. The van der Waals surface area contributed by atoms with E-state index in [4.69, 9.17) is 4.74 Å². The molecule has 152 valence electrons. The summed E-state index contributed by atoms with van der Waals surface area (Å²) in [5.74, 6) is -0.215. The number of nitrogens with one attached hydrogen (secondary N) is 1. The first kappa shape index (κ1) is 21.7. The van der Waals surface area contributed by atoms with Crippen molar-refractivity contribution in [2.75, 3.05) is 11.9 Å². The van der Waals surface area contributed by atoms with Crippen LogP contribution in [0.5, 0.6) is 0 Å². The van der Waals surface area contributed by atoms with Crippen molar-refractivity contribution in [3.63, 3.8) is 0 Å². The fourth-order valence-electron chi connectivity index (χ4n) is 3.31. The number of rotatable bonds is 8. The lowest BCUT2D eigenvalue weighted by Gasteiger charge is -2.09. The van der Waals surface area contributed by atoms with Crippen molar-refractivity contribution in [1.82, 2.24) is 9.78 Å². The summed E-state index contributed by atoms with van der Waals surface area (Å²) in [7, 11) is 0. The van der Waals surface area contributed by atoms with Gasteiger partial charge in [-0.2, -0.15) is 5.10 Å². The van der Waals surface area contributed by atoms with Crippen molar-refractivity contribution in [2.45, 2.75) is 60.9 Å². The first-order valence-corrected chi connectivity index (χ1v) is 9.72. The third kappa shape index (κ3) is 6.22. The molecule has 0 saturated heterocycles. The predicted octanol–water partition coefficient (Wildman–Crippen LogP) is 3.89. The van der Waals surface area contributed by atoms with Crippen LogP contribution in [0.4, 0.5) is 5.69 Å². The van der Waals surface area contributed by atoms with Crippen molar-refractivity contribution in [1.29, 1.82) is 0 Å². The lowest BCUT2D eigenvalue weighted by molar-refractivity contribution is -0.147. The third-order valence-electron chi connectivity index (χ3n) is 4.52. The van der Waals surface area contributed by atoms with Crippen LogP contribution in [-0.4, -0.2) is 28.3 Å². The van der Waals surface area contributed by atoms with Gasteiger partial charge in [0.25, 0.3) is 5.91 Å². The number of ether oxygens (including phenoxy) is 1. The summed E-state index contributed by atoms with van der Waals surface area (Å²) >= 11 is 0. The molecule has 2 rings (SSSR count). The number of hydrogen-bond donors (Lipinski definition) is 1. The Hall–Kier alpha value is -2.63. The number of nitrogens with zero attached hydrogens (tertiary/aromatic N) is 2. The largest absolute Gasteiger partial charge is 0.456 e. The van der Waals surface area contributed by atoms with E-state index in [-0.39, 0.29) is 24.9 Å². The minimum atomic E-state index is -0.383. The summed E-state index contributed by atoms with van der Waals surface area (Å²) < 4.78 is 7.13. The SMILES string of the molecule is Cc1cc(C)cc(NC(=O)COC(=O)CCc2c(C)nn(CC(C)C)c2C)c1. The van der Waals surface area contributed by atoms with E-state index in [1.807, 2.05) is 50.6 Å². The van der Waals surface area contributed by atoms with E-state index in [9.17, 15) is 9.59 Å². The molecule has 0 aliphatic heterocycles. The number of benzene rings is 1. The molecule has 1 heterocycles. The van der Waals surface area contributed by atoms with E-state index in [0.29, 0.717) is 18.0 Å². The zero-order valence-corrected chi connectivity index (χ0v) is 17.8. The van der Waals surface area contributed by atoms with E-state index in [1.54, 1.807) is 0 Å². The molecule has 6 heteroatoms. The predicted molar refractivity (Wildman–Crippen MR) is 110 cm³/mol. The van der Waals surface area contributed by atoms with Crippen LogP contribution in [0, 0.1) is 33.6 Å². The quantitative estimate of drug-likeness (QED) is 0.700. The highest BCUT2D eigenvalue weighted by molar-refractivity contribution is 5.92. The van der Waals surface area contributed by atoms with Gasteiger partial charge in [0.2, 0.25) is 0 Å². The van der Waals surface area contributed by atoms with Gasteiger partial charge in [-0.1, -0.05) is 19.9 Å². The molecule has 1 N–H and O–H groups in total. The highest BCUT2D eigenvalue weighted by atomic mass is 16.5. The topological polar surface area (TPSA) is 73.2 Å². The molecule has 2 aromatic rings. The second-order valence-corrected chi connectivity index (χ2v) is 7.81. The molecule has 0 atom stereocenters. The van der Waals surface area contributed by atoms with Crippen molar-refractivity contribution in [2.24, 2.45) is 5.92 Å². The average Bonchev–Trinajstić information content (AvgIpc) is 2.83. The normalized spacial score (nSPS) is 11.0. The monoisotopic (exact) mass is 385 g/mol. The van der Waals surface area contributed by atoms with Crippen LogP contribution in [0.2, 0.25) is 0 Å². The van der Waals surface area contributed by atoms with Crippen LogP contribution < -0.4 is 5.32 Å². The van der Waals surface area contributed by atoms with Crippen LogP contribution in [0.3, 0.4) is 0 Å². The molecular weight excluding hydrogens is 354 g/mol. The molecule has 1 aromatic heterocycles. The maximum atomic E-state index is 12.1. The summed E-state index contributed by atoms with van der Waals surface area (Å²) in [5.41, 5.74) is 5.96. The molecule has 0 saturated carbocycles. The summed E-state index contributed by atoms with van der Waals surface area (Å²) in [4.78, 5) is 24.1. The number of carbonyl (C=O) groups excluding carboxylic acids is 2. The van der Waals surface area contributed by atoms with Gasteiger partial charge in [-0.05, 0) is 68.9 Å². The Labute approximate surface area is 167 Å². The van der Waals surface area contributed by atoms with Gasteiger partial charge in [0.05, 0.1) is 5.69 Å². The number of anilines is 1. The average molecular weight is 386 g/mol. The van der Waals surface area contributed by atoms with Crippen LogP contribution in [0.25, 0.3) is 0 Å². The number of aryl methyl sites for hydroxylation is 3. The number of amides is 1. The Morgan fingerprint density at radius 3 is 2.36 bits per heavy atom. The fourth-order valence-corrected chi connectivity index (χ4v) is 3.31. The van der Waals surface area contributed by atoms with Crippen LogP contribution in [0.1, 0.15) is 48.3 Å². The lowest BCUT2D eigenvalue weighted by atomic mass is 10.1. The molecule has 0 aliphatic carbocycles. The van der Waals surface area contributed by atoms with Gasteiger partial charge in [0.15, 0.2) is 6.61 Å². The second-order valence-electron chi connectivity index (χ2n) is 7.81. The van der Waals surface area contributed by atoms with E-state index >= 15 is 0 Å². The second kappa shape index (κ2) is 9.53. The van der Waals surface area contributed by atoms with Gasteiger partial charge < -0.3 is 10.1 Å². The van der Waals surface area contributed by atoms with Crippen LogP contribution >= 0.6 is 0 Å². The summed E-state index contributed by atoms with van der Waals surface area (Å²) in [6.45, 7) is 12.8. The van der Waals surface area contributed by atoms with Crippen molar-refractivity contribution in [3.8, 4) is 0 Å². The maximum absolute atomic E-state index is 12.1. The first-order valence-electron chi connectivity index (χ1n) is 9.72. The number of aromatic nitrogens is 2. The molecule has 6 nitrogen and oxygen atoms in total. The lowest BCUT2D eigenvalue weighted by Crippen LogP contribution is -2.21. The van der Waals surface area contributed by atoms with E-state index in [0.717, 1.165) is 34.6 Å². The van der Waals surface area contributed by atoms with Crippen molar-refractivity contribution >= 4 is 17.6 Å². The molecular formula is C22H31N3O3. The smallest absolute Gasteiger partial charge is 0.306 e. The molecule has 0 radical (unpaired) electrons. The van der Waals surface area contributed by atoms with Gasteiger partial charge in [-0.3, -0.25) is 14.3 Å². The molecule has 0 bridgehead atoms. The molecule has 0 unspecified atom stereocenters. The number of hydrogen-bond acceptors (Lipinski definition) is 4. The van der Waals surface area contributed by atoms with E-state index < -0.39 is 0 Å². The van der Waals surface area contributed by atoms with Gasteiger partial charge in [-0.15, -0.1) is 0 Å². The molecule has 0 aliphatic rings. The van der Waals surface area contributed by atoms with E-state index in [2.05, 4.69) is 24.3 Å². The first-order chi connectivity index (χ1) is 13.2. The van der Waals surface area contributed by atoms with Gasteiger partial charge in [0.1, 0.15) is 0 Å². The zero-order valence-electron chi connectivity index (χ0n) is 17.8. The molecule has 0 fully saturated rings. The Morgan fingerprint density at radius 1 is 1.11 bits per heavy atom. The maximum Gasteiger partial charge on any atom is 0.306 e. The molecule has 1 amide bonds. The number of esters is 1. The Morgan fingerprint density at radius 2 is 1.75 bits per heavy atom. The Balaban J connectivity index is 1.83. The van der Waals surface area contributed by atoms with Crippen LogP contribution in [0.15, 0.2) is 18.2 Å². The number of carbonyl (C=O) groups is 2. The van der Waals surface area contributed by atoms with Crippen molar-refractivity contribution in [3.05, 3.63) is 46.3 Å². The van der Waals surface area contributed by atoms with Crippen molar-refractivity contribution < 1.29 is 14.3 Å². The van der Waals surface area contributed by atoms with Gasteiger partial charge in [0, 0.05) is 24.3 Å². The molecule has 28 heavy (non-hydrogen) atoms. The Kier molecular flexibility index (Phi) is 7.38. The van der Waals surface area contributed by atoms with Gasteiger partial charge in [-0.25, -0.2) is 0 Å². The highest BCUT2D eigenvalue weighted by Gasteiger charge is 2.15. The zero-order chi connectivity index (χ0) is 20.8. The standard InChI is InChI=1S/C22H31N3O3/c1-14(2)12-25-18(6)20(17(5)24-25)7-8-22(27)28-13-21(26)23-19-10-15(3)9-16(4)11-19/h9-11,14H,7-8,12-13H2,1-6H3,(H,23,26). The summed E-state index contributed by atoms with van der Waals surface area (Å²) in [6, 6.07) is 5.79.